The average molecular weight is 334 g/mol. The van der Waals surface area contributed by atoms with Gasteiger partial charge in [0.25, 0.3) is 0 Å². The molecule has 1 N–H and O–H groups in total. The number of ether oxygens (including phenoxy) is 2. The van der Waals surface area contributed by atoms with Gasteiger partial charge in [0.2, 0.25) is 0 Å². The van der Waals surface area contributed by atoms with Gasteiger partial charge in [-0.15, -0.1) is 11.8 Å². The Balaban J connectivity index is 1.76. The summed E-state index contributed by atoms with van der Waals surface area (Å²) in [5, 5.41) is 2.80. The number of rotatable bonds is 4. The summed E-state index contributed by atoms with van der Waals surface area (Å²) < 4.78 is 15.9. The number of benzene rings is 1. The van der Waals surface area contributed by atoms with E-state index in [2.05, 4.69) is 5.32 Å². The molecule has 1 atom stereocenters. The minimum atomic E-state index is -0.174. The molecule has 2 amide bonds. The van der Waals surface area contributed by atoms with Crippen LogP contribution in [0.4, 0.5) is 10.5 Å². The van der Waals surface area contributed by atoms with Crippen LogP contribution >= 0.6 is 11.8 Å². The number of nitrogens with one attached hydrogen (secondary N) is 1. The fourth-order valence-corrected chi connectivity index (χ4v) is 3.63. The van der Waals surface area contributed by atoms with E-state index in [1.807, 2.05) is 12.1 Å². The Morgan fingerprint density at radius 1 is 1.30 bits per heavy atom. The van der Waals surface area contributed by atoms with Crippen LogP contribution in [-0.4, -0.2) is 37.4 Å². The molecule has 0 bridgehead atoms. The molecule has 0 unspecified atom stereocenters. The second-order valence-corrected chi connectivity index (χ2v) is 6.15. The van der Waals surface area contributed by atoms with Crippen molar-refractivity contribution in [3.05, 3.63) is 42.4 Å². The van der Waals surface area contributed by atoms with Crippen molar-refractivity contribution in [2.45, 2.75) is 5.37 Å². The molecule has 1 aliphatic rings. The Kier molecular flexibility index (Phi) is 4.66. The lowest BCUT2D eigenvalue weighted by molar-refractivity contribution is 0.209. The Labute approximate surface area is 138 Å². The lowest BCUT2D eigenvalue weighted by Gasteiger charge is -2.22. The largest absolute Gasteiger partial charge is 0.497 e. The number of amides is 2. The lowest BCUT2D eigenvalue weighted by Crippen LogP contribution is -2.34. The predicted molar refractivity (Wildman–Crippen MR) is 89.2 cm³/mol. The van der Waals surface area contributed by atoms with Crippen LogP contribution in [0.2, 0.25) is 0 Å². The lowest BCUT2D eigenvalue weighted by atomic mass is 10.2. The Morgan fingerprint density at radius 2 is 2.04 bits per heavy atom. The van der Waals surface area contributed by atoms with Crippen LogP contribution in [0, 0.1) is 0 Å². The number of hydrogen-bond donors (Lipinski definition) is 1. The summed E-state index contributed by atoms with van der Waals surface area (Å²) >= 11 is 1.68. The number of nitrogens with zero attached hydrogens (tertiary/aromatic N) is 1. The summed E-state index contributed by atoms with van der Waals surface area (Å²) in [7, 11) is 3.15. The first-order chi connectivity index (χ1) is 11.2. The van der Waals surface area contributed by atoms with Crippen molar-refractivity contribution < 1.29 is 18.7 Å². The molecule has 122 valence electrons. The van der Waals surface area contributed by atoms with E-state index in [0.717, 1.165) is 11.5 Å². The summed E-state index contributed by atoms with van der Waals surface area (Å²) in [6.45, 7) is 0.670. The molecule has 23 heavy (non-hydrogen) atoms. The standard InChI is InChI=1S/C16H18N2O4S/c1-20-12-8-11(9-13(10-12)21-2)17-16(19)18-5-7-23-15(18)14-4-3-6-22-14/h3-4,6,8-10,15H,5,7H2,1-2H3,(H,17,19)/t15-/m1/s1. The van der Waals surface area contributed by atoms with Crippen LogP contribution in [-0.2, 0) is 0 Å². The minimum absolute atomic E-state index is 0.0995. The fourth-order valence-electron chi connectivity index (χ4n) is 2.42. The zero-order chi connectivity index (χ0) is 16.2. The van der Waals surface area contributed by atoms with Gasteiger partial charge in [-0.25, -0.2) is 4.79 Å². The first-order valence-electron chi connectivity index (χ1n) is 7.17. The third kappa shape index (κ3) is 3.39. The molecule has 0 aliphatic carbocycles. The molecule has 0 spiro atoms. The van der Waals surface area contributed by atoms with Crippen LogP contribution in [0.3, 0.4) is 0 Å². The van der Waals surface area contributed by atoms with Gasteiger partial charge < -0.3 is 24.1 Å². The molecule has 6 nitrogen and oxygen atoms in total. The number of urea groups is 1. The van der Waals surface area contributed by atoms with Gasteiger partial charge in [-0.2, -0.15) is 0 Å². The molecular weight excluding hydrogens is 316 g/mol. The molecule has 1 aromatic carbocycles. The van der Waals surface area contributed by atoms with Gasteiger partial charge in [0, 0.05) is 36.2 Å². The number of anilines is 1. The maximum Gasteiger partial charge on any atom is 0.323 e. The van der Waals surface area contributed by atoms with Gasteiger partial charge in [-0.1, -0.05) is 0 Å². The third-order valence-electron chi connectivity index (χ3n) is 3.54. The molecule has 2 heterocycles. The second-order valence-electron chi connectivity index (χ2n) is 4.96. The number of furan rings is 1. The second kappa shape index (κ2) is 6.87. The highest BCUT2D eigenvalue weighted by Gasteiger charge is 2.32. The molecule has 3 rings (SSSR count). The van der Waals surface area contributed by atoms with E-state index in [1.54, 1.807) is 55.3 Å². The van der Waals surface area contributed by atoms with Crippen LogP contribution in [0.5, 0.6) is 11.5 Å². The maximum absolute atomic E-state index is 12.6. The van der Waals surface area contributed by atoms with Crippen LogP contribution in [0.15, 0.2) is 41.0 Å². The van der Waals surface area contributed by atoms with E-state index >= 15 is 0 Å². The Hall–Kier alpha value is -2.28. The monoisotopic (exact) mass is 334 g/mol. The van der Waals surface area contributed by atoms with E-state index in [4.69, 9.17) is 13.9 Å². The molecule has 7 heteroatoms. The first kappa shape index (κ1) is 15.6. The van der Waals surface area contributed by atoms with Crippen molar-refractivity contribution >= 4 is 23.5 Å². The topological polar surface area (TPSA) is 63.9 Å². The van der Waals surface area contributed by atoms with Crippen molar-refractivity contribution in [2.24, 2.45) is 0 Å². The van der Waals surface area contributed by atoms with Crippen molar-refractivity contribution in [1.29, 1.82) is 0 Å². The summed E-state index contributed by atoms with van der Waals surface area (Å²) in [6, 6.07) is 8.81. The highest BCUT2D eigenvalue weighted by Crippen LogP contribution is 2.38. The van der Waals surface area contributed by atoms with E-state index in [9.17, 15) is 4.79 Å². The Bertz CT molecular complexity index is 652. The number of thioether (sulfide) groups is 1. The molecule has 2 aromatic rings. The average Bonchev–Trinajstić information content (AvgIpc) is 3.24. The number of hydrogen-bond acceptors (Lipinski definition) is 5. The molecule has 1 fully saturated rings. The van der Waals surface area contributed by atoms with Crippen molar-refractivity contribution in [3.63, 3.8) is 0 Å². The smallest absolute Gasteiger partial charge is 0.323 e. The van der Waals surface area contributed by atoms with Gasteiger partial charge in [0.15, 0.2) is 0 Å². The molecule has 1 aromatic heterocycles. The fraction of sp³-hybridized carbons (Fsp3) is 0.312. The summed E-state index contributed by atoms with van der Waals surface area (Å²) in [5.41, 5.74) is 0.626. The first-order valence-corrected chi connectivity index (χ1v) is 8.22. The highest BCUT2D eigenvalue weighted by atomic mass is 32.2. The van der Waals surface area contributed by atoms with Crippen LogP contribution < -0.4 is 14.8 Å². The van der Waals surface area contributed by atoms with E-state index in [0.29, 0.717) is 23.7 Å². The summed E-state index contributed by atoms with van der Waals surface area (Å²) in [5.74, 6) is 2.90. The van der Waals surface area contributed by atoms with E-state index in [1.165, 1.54) is 0 Å². The van der Waals surface area contributed by atoms with Gasteiger partial charge in [0.05, 0.1) is 20.5 Å². The van der Waals surface area contributed by atoms with Crippen molar-refractivity contribution in [3.8, 4) is 11.5 Å². The van der Waals surface area contributed by atoms with Gasteiger partial charge in [-0.3, -0.25) is 0 Å². The maximum atomic E-state index is 12.6. The number of methoxy groups -OCH3 is 2. The SMILES string of the molecule is COc1cc(NC(=O)N2CCS[C@@H]2c2ccco2)cc(OC)c1. The summed E-state index contributed by atoms with van der Waals surface area (Å²) in [6.07, 6.45) is 1.62. The molecule has 1 aliphatic heterocycles. The summed E-state index contributed by atoms with van der Waals surface area (Å²) in [4.78, 5) is 14.4. The minimum Gasteiger partial charge on any atom is -0.497 e. The highest BCUT2D eigenvalue weighted by molar-refractivity contribution is 7.99. The van der Waals surface area contributed by atoms with Crippen molar-refractivity contribution in [2.75, 3.05) is 31.8 Å². The van der Waals surface area contributed by atoms with Crippen LogP contribution in [0.25, 0.3) is 0 Å². The number of carbonyl (C=O) groups excluding carboxylic acids is 1. The molecular formula is C16H18N2O4S. The van der Waals surface area contributed by atoms with Crippen molar-refractivity contribution in [1.82, 2.24) is 4.90 Å². The zero-order valence-electron chi connectivity index (χ0n) is 12.9. The predicted octanol–water partition coefficient (Wildman–Crippen LogP) is 3.58. The number of carbonyl (C=O) groups is 1. The van der Waals surface area contributed by atoms with Gasteiger partial charge >= 0.3 is 6.03 Å². The normalized spacial score (nSPS) is 17.1. The zero-order valence-corrected chi connectivity index (χ0v) is 13.8. The molecule has 0 saturated carbocycles. The quantitative estimate of drug-likeness (QED) is 0.926. The van der Waals surface area contributed by atoms with E-state index < -0.39 is 0 Å². The van der Waals surface area contributed by atoms with E-state index in [-0.39, 0.29) is 11.4 Å². The molecule has 0 radical (unpaired) electrons. The molecule has 1 saturated heterocycles. The van der Waals surface area contributed by atoms with Gasteiger partial charge in [-0.05, 0) is 12.1 Å². The van der Waals surface area contributed by atoms with Gasteiger partial charge in [0.1, 0.15) is 22.6 Å². The van der Waals surface area contributed by atoms with Crippen LogP contribution in [0.1, 0.15) is 11.1 Å². The third-order valence-corrected chi connectivity index (χ3v) is 4.76. The Morgan fingerprint density at radius 3 is 2.65 bits per heavy atom.